The predicted molar refractivity (Wildman–Crippen MR) is 102 cm³/mol. The molecule has 0 aliphatic rings. The Bertz CT molecular complexity index is 1030. The molecule has 4 nitrogen and oxygen atoms in total. The third-order valence-electron chi connectivity index (χ3n) is 4.26. The third-order valence-corrected chi connectivity index (χ3v) is 4.81. The van der Waals surface area contributed by atoms with Crippen molar-refractivity contribution in [1.82, 2.24) is 9.78 Å². The molecule has 28 heavy (non-hydrogen) atoms. The number of amides is 1. The first kappa shape index (κ1) is 19.9. The van der Waals surface area contributed by atoms with E-state index in [9.17, 15) is 18.0 Å². The van der Waals surface area contributed by atoms with Crippen molar-refractivity contribution in [3.8, 4) is 0 Å². The molecule has 0 atom stereocenters. The fourth-order valence-electron chi connectivity index (χ4n) is 2.79. The molecular weight excluding hydrogens is 391 g/mol. The van der Waals surface area contributed by atoms with Gasteiger partial charge >= 0.3 is 6.18 Å². The van der Waals surface area contributed by atoms with Gasteiger partial charge in [0.05, 0.1) is 28.5 Å². The zero-order valence-corrected chi connectivity index (χ0v) is 15.9. The fourth-order valence-corrected chi connectivity index (χ4v) is 2.92. The molecule has 0 unspecified atom stereocenters. The normalized spacial score (nSPS) is 11.5. The second-order valence-electron chi connectivity index (χ2n) is 6.38. The highest BCUT2D eigenvalue weighted by Crippen LogP contribution is 2.30. The Balaban J connectivity index is 1.78. The van der Waals surface area contributed by atoms with Crippen molar-refractivity contribution in [2.75, 3.05) is 5.32 Å². The van der Waals surface area contributed by atoms with Crippen LogP contribution in [0.15, 0.2) is 48.5 Å². The molecule has 0 radical (unpaired) electrons. The second-order valence-corrected chi connectivity index (χ2v) is 6.75. The minimum absolute atomic E-state index is 0.0792. The number of aromatic nitrogens is 2. The maximum atomic E-state index is 12.8. The number of alkyl halides is 3. The number of rotatable bonds is 4. The number of aryl methyl sites for hydroxylation is 1. The first-order chi connectivity index (χ1) is 13.1. The summed E-state index contributed by atoms with van der Waals surface area (Å²) in [4.78, 5) is 12.5. The van der Waals surface area contributed by atoms with Crippen molar-refractivity contribution in [3.63, 3.8) is 0 Å². The first-order valence-electron chi connectivity index (χ1n) is 8.42. The second kappa shape index (κ2) is 7.67. The maximum Gasteiger partial charge on any atom is 0.416 e. The van der Waals surface area contributed by atoms with E-state index in [0.717, 1.165) is 29.1 Å². The molecule has 1 N–H and O–H groups in total. The molecule has 3 aromatic rings. The molecule has 2 aromatic carbocycles. The lowest BCUT2D eigenvalue weighted by atomic mass is 10.1. The van der Waals surface area contributed by atoms with Gasteiger partial charge in [-0.05, 0) is 49.7 Å². The lowest BCUT2D eigenvalue weighted by Gasteiger charge is -2.11. The Morgan fingerprint density at radius 2 is 1.86 bits per heavy atom. The van der Waals surface area contributed by atoms with Crippen molar-refractivity contribution in [1.29, 1.82) is 0 Å². The summed E-state index contributed by atoms with van der Waals surface area (Å²) in [5.41, 5.74) is 1.95. The van der Waals surface area contributed by atoms with Crippen molar-refractivity contribution in [3.05, 3.63) is 81.6 Å². The van der Waals surface area contributed by atoms with E-state index in [0.29, 0.717) is 17.1 Å². The van der Waals surface area contributed by atoms with Gasteiger partial charge in [-0.2, -0.15) is 18.3 Å². The predicted octanol–water partition coefficient (Wildman–Crippen LogP) is 5.47. The average molecular weight is 408 g/mol. The van der Waals surface area contributed by atoms with E-state index in [1.807, 2.05) is 19.9 Å². The van der Waals surface area contributed by atoms with Crippen LogP contribution in [0.3, 0.4) is 0 Å². The van der Waals surface area contributed by atoms with Crippen LogP contribution in [0.4, 0.5) is 18.9 Å². The van der Waals surface area contributed by atoms with Crippen LogP contribution in [-0.2, 0) is 12.7 Å². The Kier molecular flexibility index (Phi) is 5.47. The summed E-state index contributed by atoms with van der Waals surface area (Å²) in [5.74, 6) is -0.493. The van der Waals surface area contributed by atoms with Crippen LogP contribution in [0.2, 0.25) is 5.02 Å². The molecule has 1 heterocycles. The van der Waals surface area contributed by atoms with Gasteiger partial charge < -0.3 is 5.32 Å². The number of halogens is 4. The van der Waals surface area contributed by atoms with Crippen LogP contribution >= 0.6 is 11.6 Å². The molecule has 0 fully saturated rings. The quantitative estimate of drug-likeness (QED) is 0.623. The van der Waals surface area contributed by atoms with Gasteiger partial charge in [-0.15, -0.1) is 0 Å². The molecule has 0 spiro atoms. The van der Waals surface area contributed by atoms with E-state index in [-0.39, 0.29) is 5.69 Å². The van der Waals surface area contributed by atoms with Gasteiger partial charge in [0.25, 0.3) is 5.91 Å². The van der Waals surface area contributed by atoms with Gasteiger partial charge in [0.2, 0.25) is 0 Å². The Morgan fingerprint density at radius 3 is 2.50 bits per heavy atom. The zero-order chi connectivity index (χ0) is 20.5. The van der Waals surface area contributed by atoms with Crippen LogP contribution in [0.5, 0.6) is 0 Å². The summed E-state index contributed by atoms with van der Waals surface area (Å²) in [6.07, 6.45) is -4.47. The fraction of sp³-hybridized carbons (Fsp3) is 0.200. The molecule has 0 aliphatic carbocycles. The molecule has 1 aromatic heterocycles. The summed E-state index contributed by atoms with van der Waals surface area (Å²) in [5, 5.41) is 7.46. The molecule has 0 aliphatic heterocycles. The van der Waals surface area contributed by atoms with E-state index in [1.54, 1.807) is 22.9 Å². The zero-order valence-electron chi connectivity index (χ0n) is 15.1. The smallest absolute Gasteiger partial charge is 0.322 e. The van der Waals surface area contributed by atoms with Crippen molar-refractivity contribution >= 4 is 23.2 Å². The van der Waals surface area contributed by atoms with Gasteiger partial charge in [0, 0.05) is 11.3 Å². The van der Waals surface area contributed by atoms with E-state index in [4.69, 9.17) is 11.6 Å². The van der Waals surface area contributed by atoms with Crippen LogP contribution in [0, 0.1) is 13.8 Å². The van der Waals surface area contributed by atoms with E-state index >= 15 is 0 Å². The first-order valence-corrected chi connectivity index (χ1v) is 8.80. The minimum Gasteiger partial charge on any atom is -0.322 e. The molecule has 0 bridgehead atoms. The van der Waals surface area contributed by atoms with Crippen LogP contribution in [0.25, 0.3) is 0 Å². The Hall–Kier alpha value is -2.80. The number of carbonyl (C=O) groups is 1. The number of benzene rings is 2. The number of anilines is 1. The monoisotopic (exact) mass is 407 g/mol. The molecule has 8 heteroatoms. The molecule has 1 amide bonds. The number of nitrogens with zero attached hydrogens (tertiary/aromatic N) is 2. The Morgan fingerprint density at radius 1 is 1.14 bits per heavy atom. The van der Waals surface area contributed by atoms with Crippen molar-refractivity contribution in [2.45, 2.75) is 26.6 Å². The topological polar surface area (TPSA) is 46.9 Å². The highest BCUT2D eigenvalue weighted by molar-refractivity contribution is 6.31. The molecule has 146 valence electrons. The SMILES string of the molecule is Cc1nn(Cc2cccc(C(=O)Nc3cccc(C(F)(F)F)c3)c2)c(C)c1Cl. The van der Waals surface area contributed by atoms with Crippen molar-refractivity contribution in [2.24, 2.45) is 0 Å². The third kappa shape index (κ3) is 4.36. The number of hydrogen-bond donors (Lipinski definition) is 1. The van der Waals surface area contributed by atoms with Crippen LogP contribution in [-0.4, -0.2) is 15.7 Å². The van der Waals surface area contributed by atoms with Gasteiger partial charge in [-0.25, -0.2) is 0 Å². The van der Waals surface area contributed by atoms with Crippen LogP contribution in [0.1, 0.15) is 32.9 Å². The number of nitrogens with one attached hydrogen (secondary N) is 1. The summed E-state index contributed by atoms with van der Waals surface area (Å²) in [7, 11) is 0. The molecule has 0 saturated heterocycles. The van der Waals surface area contributed by atoms with Gasteiger partial charge in [-0.3, -0.25) is 9.48 Å². The van der Waals surface area contributed by atoms with Crippen molar-refractivity contribution < 1.29 is 18.0 Å². The molecular formula is C20H17ClF3N3O. The number of hydrogen-bond acceptors (Lipinski definition) is 2. The average Bonchev–Trinajstić information content (AvgIpc) is 2.88. The van der Waals surface area contributed by atoms with Gasteiger partial charge in [0.15, 0.2) is 0 Å². The minimum atomic E-state index is -4.47. The number of carbonyl (C=O) groups excluding carboxylic acids is 1. The summed E-state index contributed by atoms with van der Waals surface area (Å²) in [6.45, 7) is 4.08. The van der Waals surface area contributed by atoms with E-state index in [1.165, 1.54) is 12.1 Å². The van der Waals surface area contributed by atoms with E-state index in [2.05, 4.69) is 10.4 Å². The lowest BCUT2D eigenvalue weighted by molar-refractivity contribution is -0.137. The summed E-state index contributed by atoms with van der Waals surface area (Å²) >= 11 is 6.15. The standard InChI is InChI=1S/C20H17ClF3N3O/c1-12-18(21)13(2)27(26-12)11-14-5-3-6-15(9-14)19(28)25-17-8-4-7-16(10-17)20(22,23)24/h3-10H,11H2,1-2H3,(H,25,28). The highest BCUT2D eigenvalue weighted by Gasteiger charge is 2.30. The van der Waals surface area contributed by atoms with Crippen LogP contribution < -0.4 is 5.32 Å². The summed E-state index contributed by atoms with van der Waals surface area (Å²) < 4.78 is 40.2. The van der Waals surface area contributed by atoms with E-state index < -0.39 is 17.6 Å². The maximum absolute atomic E-state index is 12.8. The van der Waals surface area contributed by atoms with Gasteiger partial charge in [0.1, 0.15) is 0 Å². The highest BCUT2D eigenvalue weighted by atomic mass is 35.5. The molecule has 3 rings (SSSR count). The Labute approximate surface area is 164 Å². The molecule has 0 saturated carbocycles. The summed E-state index contributed by atoms with van der Waals surface area (Å²) in [6, 6.07) is 11.3. The lowest BCUT2D eigenvalue weighted by Crippen LogP contribution is -2.14. The largest absolute Gasteiger partial charge is 0.416 e. The van der Waals surface area contributed by atoms with Gasteiger partial charge in [-0.1, -0.05) is 29.8 Å².